The molecule has 1 aromatic heterocycles. The van der Waals surface area contributed by atoms with Gasteiger partial charge in [-0.2, -0.15) is 4.37 Å². The first-order valence-electron chi connectivity index (χ1n) is 7.60. The van der Waals surface area contributed by atoms with Crippen LogP contribution in [0.2, 0.25) is 0 Å². The van der Waals surface area contributed by atoms with E-state index in [0.29, 0.717) is 18.5 Å². The summed E-state index contributed by atoms with van der Waals surface area (Å²) in [5, 5.41) is 10.7. The summed E-state index contributed by atoms with van der Waals surface area (Å²) < 4.78 is 14.4. The van der Waals surface area contributed by atoms with Crippen molar-refractivity contribution >= 4 is 23.2 Å². The first-order valence-corrected chi connectivity index (χ1v) is 8.33. The molecule has 2 heterocycles. The minimum Gasteiger partial charge on any atom is -0.470 e. The smallest absolute Gasteiger partial charge is 0.271 e. The lowest BCUT2D eigenvalue weighted by Crippen LogP contribution is -2.37. The molecule has 1 atom stereocenters. The SMILES string of the molecule is CC1CCCCN1c1nsnc1OCc1ccc([N+](=O)[O-])cc1. The monoisotopic (exact) mass is 334 g/mol. The third-order valence-corrected chi connectivity index (χ3v) is 4.54. The molecule has 1 aliphatic rings. The molecule has 1 aliphatic heterocycles. The quantitative estimate of drug-likeness (QED) is 0.616. The van der Waals surface area contributed by atoms with Crippen LogP contribution in [-0.2, 0) is 6.61 Å². The average molecular weight is 334 g/mol. The fourth-order valence-corrected chi connectivity index (χ4v) is 3.23. The Hall–Kier alpha value is -2.22. The summed E-state index contributed by atoms with van der Waals surface area (Å²) in [6.07, 6.45) is 3.55. The summed E-state index contributed by atoms with van der Waals surface area (Å²) in [7, 11) is 0. The summed E-state index contributed by atoms with van der Waals surface area (Å²) in [5.74, 6) is 1.35. The van der Waals surface area contributed by atoms with E-state index >= 15 is 0 Å². The maximum Gasteiger partial charge on any atom is 0.271 e. The molecule has 0 bridgehead atoms. The van der Waals surface area contributed by atoms with Crippen molar-refractivity contribution in [3.8, 4) is 5.88 Å². The van der Waals surface area contributed by atoms with E-state index in [1.54, 1.807) is 12.1 Å². The number of ether oxygens (including phenoxy) is 1. The Kier molecular flexibility index (Phi) is 4.71. The number of hydrogen-bond donors (Lipinski definition) is 0. The van der Waals surface area contributed by atoms with Gasteiger partial charge in [-0.1, -0.05) is 0 Å². The minimum atomic E-state index is -0.412. The van der Waals surface area contributed by atoms with Gasteiger partial charge in [0.2, 0.25) is 5.82 Å². The van der Waals surface area contributed by atoms with E-state index in [1.165, 1.54) is 18.6 Å². The van der Waals surface area contributed by atoms with Crippen LogP contribution in [0.1, 0.15) is 31.7 Å². The highest BCUT2D eigenvalue weighted by Gasteiger charge is 2.24. The van der Waals surface area contributed by atoms with Gasteiger partial charge in [-0.05, 0) is 43.9 Å². The summed E-state index contributed by atoms with van der Waals surface area (Å²) in [6, 6.07) is 6.79. The second-order valence-corrected chi connectivity index (χ2v) is 6.17. The Morgan fingerprint density at radius 2 is 2.13 bits per heavy atom. The van der Waals surface area contributed by atoms with Gasteiger partial charge in [0, 0.05) is 24.7 Å². The van der Waals surface area contributed by atoms with Crippen molar-refractivity contribution in [1.29, 1.82) is 0 Å². The zero-order valence-corrected chi connectivity index (χ0v) is 13.7. The molecule has 1 unspecified atom stereocenters. The fraction of sp³-hybridized carbons (Fsp3) is 0.467. The maximum atomic E-state index is 10.7. The van der Waals surface area contributed by atoms with Crippen LogP contribution in [0.5, 0.6) is 5.88 Å². The lowest BCUT2D eigenvalue weighted by molar-refractivity contribution is -0.384. The molecule has 0 radical (unpaired) electrons. The molecular weight excluding hydrogens is 316 g/mol. The van der Waals surface area contributed by atoms with Crippen molar-refractivity contribution in [3.05, 3.63) is 39.9 Å². The Morgan fingerprint density at radius 1 is 1.35 bits per heavy atom. The zero-order chi connectivity index (χ0) is 16.2. The second-order valence-electron chi connectivity index (χ2n) is 5.64. The van der Waals surface area contributed by atoms with E-state index < -0.39 is 4.92 Å². The van der Waals surface area contributed by atoms with Gasteiger partial charge in [0.15, 0.2) is 0 Å². The van der Waals surface area contributed by atoms with E-state index in [9.17, 15) is 10.1 Å². The highest BCUT2D eigenvalue weighted by molar-refractivity contribution is 6.99. The molecule has 8 heteroatoms. The number of anilines is 1. The van der Waals surface area contributed by atoms with Gasteiger partial charge in [0.05, 0.1) is 16.7 Å². The molecule has 3 rings (SSSR count). The first-order chi connectivity index (χ1) is 11.1. The van der Waals surface area contributed by atoms with Crippen LogP contribution in [0.25, 0.3) is 0 Å². The van der Waals surface area contributed by atoms with Gasteiger partial charge >= 0.3 is 0 Å². The van der Waals surface area contributed by atoms with Crippen LogP contribution >= 0.6 is 11.7 Å². The number of benzene rings is 1. The largest absolute Gasteiger partial charge is 0.470 e. The lowest BCUT2D eigenvalue weighted by atomic mass is 10.0. The molecule has 0 aliphatic carbocycles. The van der Waals surface area contributed by atoms with Gasteiger partial charge in [0.25, 0.3) is 11.6 Å². The average Bonchev–Trinajstić information content (AvgIpc) is 3.02. The fourth-order valence-electron chi connectivity index (χ4n) is 2.72. The molecule has 23 heavy (non-hydrogen) atoms. The van der Waals surface area contributed by atoms with Gasteiger partial charge < -0.3 is 9.64 Å². The molecule has 1 saturated heterocycles. The highest BCUT2D eigenvalue weighted by Crippen LogP contribution is 2.31. The van der Waals surface area contributed by atoms with Gasteiger partial charge in [-0.3, -0.25) is 10.1 Å². The number of nitro groups is 1. The number of rotatable bonds is 5. The van der Waals surface area contributed by atoms with E-state index in [4.69, 9.17) is 4.74 Å². The summed E-state index contributed by atoms with van der Waals surface area (Å²) in [6.45, 7) is 3.48. The van der Waals surface area contributed by atoms with Crippen LogP contribution < -0.4 is 9.64 Å². The van der Waals surface area contributed by atoms with Crippen LogP contribution in [0.4, 0.5) is 11.5 Å². The molecule has 122 valence electrons. The van der Waals surface area contributed by atoms with E-state index in [2.05, 4.69) is 20.6 Å². The normalized spacial score (nSPS) is 18.0. The lowest BCUT2D eigenvalue weighted by Gasteiger charge is -2.33. The van der Waals surface area contributed by atoms with Crippen LogP contribution in [0, 0.1) is 10.1 Å². The zero-order valence-electron chi connectivity index (χ0n) is 12.8. The molecule has 2 aromatic rings. The van der Waals surface area contributed by atoms with Crippen LogP contribution in [-0.4, -0.2) is 26.3 Å². The summed E-state index contributed by atoms with van der Waals surface area (Å²) in [4.78, 5) is 12.5. The van der Waals surface area contributed by atoms with Crippen molar-refractivity contribution in [2.45, 2.75) is 38.8 Å². The van der Waals surface area contributed by atoms with Crippen LogP contribution in [0.15, 0.2) is 24.3 Å². The number of nitrogens with zero attached hydrogens (tertiary/aromatic N) is 4. The highest BCUT2D eigenvalue weighted by atomic mass is 32.1. The number of piperidine rings is 1. The molecular formula is C15H18N4O3S. The van der Waals surface area contributed by atoms with Crippen molar-refractivity contribution < 1.29 is 9.66 Å². The molecule has 0 N–H and O–H groups in total. The molecule has 1 aromatic carbocycles. The molecule has 0 saturated carbocycles. The van der Waals surface area contributed by atoms with E-state index in [1.807, 2.05) is 0 Å². The maximum absolute atomic E-state index is 10.7. The van der Waals surface area contributed by atoms with Crippen LogP contribution in [0.3, 0.4) is 0 Å². The van der Waals surface area contributed by atoms with E-state index in [0.717, 1.165) is 42.5 Å². The topological polar surface area (TPSA) is 81.4 Å². The number of hydrogen-bond acceptors (Lipinski definition) is 7. The number of nitro benzene ring substituents is 1. The van der Waals surface area contributed by atoms with Gasteiger partial charge in [-0.15, -0.1) is 4.37 Å². The third-order valence-electron chi connectivity index (χ3n) is 4.04. The molecule has 7 nitrogen and oxygen atoms in total. The summed E-state index contributed by atoms with van der Waals surface area (Å²) in [5.41, 5.74) is 0.938. The Morgan fingerprint density at radius 3 is 2.83 bits per heavy atom. The predicted octanol–water partition coefficient (Wildman–Crippen LogP) is 3.40. The van der Waals surface area contributed by atoms with Gasteiger partial charge in [0.1, 0.15) is 6.61 Å². The van der Waals surface area contributed by atoms with Crippen molar-refractivity contribution in [2.75, 3.05) is 11.4 Å². The Bertz CT molecular complexity index is 674. The van der Waals surface area contributed by atoms with Crippen molar-refractivity contribution in [1.82, 2.24) is 8.75 Å². The Labute approximate surface area is 138 Å². The summed E-state index contributed by atoms with van der Waals surface area (Å²) >= 11 is 1.15. The number of aromatic nitrogens is 2. The number of non-ortho nitro benzene ring substituents is 1. The van der Waals surface area contributed by atoms with Crippen molar-refractivity contribution in [3.63, 3.8) is 0 Å². The van der Waals surface area contributed by atoms with Gasteiger partial charge in [-0.25, -0.2) is 0 Å². The standard InChI is InChI=1S/C15H18N4O3S/c1-11-4-2-3-9-18(11)14-15(17-23-16-14)22-10-12-5-7-13(8-6-12)19(20)21/h5-8,11H,2-4,9-10H2,1H3. The first kappa shape index (κ1) is 15.7. The molecule has 1 fully saturated rings. The Balaban J connectivity index is 1.67. The molecule has 0 amide bonds. The molecule has 0 spiro atoms. The second kappa shape index (κ2) is 6.91. The third kappa shape index (κ3) is 3.58. The minimum absolute atomic E-state index is 0.0758. The predicted molar refractivity (Wildman–Crippen MR) is 88.0 cm³/mol. The van der Waals surface area contributed by atoms with Crippen molar-refractivity contribution in [2.24, 2.45) is 0 Å². The van der Waals surface area contributed by atoms with E-state index in [-0.39, 0.29) is 5.69 Å².